The molecule has 2 aromatic heterocycles. The van der Waals surface area contributed by atoms with Crippen LogP contribution in [-0.4, -0.2) is 19.3 Å². The number of nitrogens with zero attached hydrogens (tertiary/aromatic N) is 4. The van der Waals surface area contributed by atoms with Gasteiger partial charge in [-0.15, -0.1) is 0 Å². The molecule has 5 heteroatoms. The van der Waals surface area contributed by atoms with E-state index in [1.54, 1.807) is 0 Å². The molecule has 4 nitrogen and oxygen atoms in total. The molecule has 86 valence electrons. The highest BCUT2D eigenvalue weighted by molar-refractivity contribution is 9.10. The fourth-order valence-corrected chi connectivity index (χ4v) is 2.18. The molecule has 0 fully saturated rings. The lowest BCUT2D eigenvalue weighted by Gasteiger charge is -2.06. The van der Waals surface area contributed by atoms with Crippen LogP contribution in [0.5, 0.6) is 0 Å². The molecule has 0 atom stereocenters. The molecule has 0 spiro atoms. The molecule has 0 unspecified atom stereocenters. The molecule has 0 amide bonds. The predicted molar refractivity (Wildman–Crippen MR) is 66.4 cm³/mol. The van der Waals surface area contributed by atoms with Crippen molar-refractivity contribution < 1.29 is 0 Å². The van der Waals surface area contributed by atoms with Gasteiger partial charge in [0.1, 0.15) is 0 Å². The second kappa shape index (κ2) is 4.05. The first-order valence-electron chi connectivity index (χ1n) is 5.17. The van der Waals surface area contributed by atoms with Gasteiger partial charge in [0.05, 0.1) is 34.4 Å². The summed E-state index contributed by atoms with van der Waals surface area (Å²) in [5.74, 6) is 0. The van der Waals surface area contributed by atoms with Crippen molar-refractivity contribution in [2.75, 3.05) is 0 Å². The first kappa shape index (κ1) is 11.4. The Morgan fingerprint density at radius 1 is 1.25 bits per heavy atom. The van der Waals surface area contributed by atoms with Crippen LogP contribution in [0.3, 0.4) is 0 Å². The van der Waals surface area contributed by atoms with E-state index in [2.05, 4.69) is 37.5 Å². The van der Waals surface area contributed by atoms with Gasteiger partial charge in [-0.2, -0.15) is 5.10 Å². The van der Waals surface area contributed by atoms with Crippen molar-refractivity contribution in [1.29, 1.82) is 0 Å². The van der Waals surface area contributed by atoms with Gasteiger partial charge in [0, 0.05) is 12.7 Å². The van der Waals surface area contributed by atoms with Crippen LogP contribution in [0.25, 0.3) is 0 Å². The van der Waals surface area contributed by atoms with E-state index in [4.69, 9.17) is 0 Å². The Labute approximate surface area is 103 Å². The van der Waals surface area contributed by atoms with Crippen molar-refractivity contribution >= 4 is 15.9 Å². The normalized spacial score (nSPS) is 11.1. The van der Waals surface area contributed by atoms with Gasteiger partial charge in [0.15, 0.2) is 0 Å². The molecule has 0 N–H and O–H groups in total. The van der Waals surface area contributed by atoms with Crippen LogP contribution in [0.1, 0.15) is 22.8 Å². The molecule has 0 bridgehead atoms. The number of hydrogen-bond donors (Lipinski definition) is 0. The van der Waals surface area contributed by atoms with Gasteiger partial charge in [-0.25, -0.2) is 4.98 Å². The van der Waals surface area contributed by atoms with E-state index in [0.29, 0.717) is 0 Å². The monoisotopic (exact) mass is 282 g/mol. The molecule has 0 aliphatic heterocycles. The summed E-state index contributed by atoms with van der Waals surface area (Å²) < 4.78 is 5.13. The second-order valence-electron chi connectivity index (χ2n) is 4.01. The van der Waals surface area contributed by atoms with Gasteiger partial charge < -0.3 is 4.57 Å². The number of rotatable bonds is 2. The minimum absolute atomic E-state index is 0.796. The summed E-state index contributed by atoms with van der Waals surface area (Å²) in [6.07, 6.45) is 1.87. The third-order valence-electron chi connectivity index (χ3n) is 2.93. The molecule has 16 heavy (non-hydrogen) atoms. The highest BCUT2D eigenvalue weighted by Gasteiger charge is 2.12. The fraction of sp³-hybridized carbons (Fsp3) is 0.455. The third-order valence-corrected chi connectivity index (χ3v) is 3.96. The lowest BCUT2D eigenvalue weighted by Crippen LogP contribution is -2.06. The number of imidazole rings is 1. The topological polar surface area (TPSA) is 35.6 Å². The molecule has 0 saturated heterocycles. The molecule has 0 aliphatic rings. The molecule has 0 radical (unpaired) electrons. The minimum Gasteiger partial charge on any atom is -0.329 e. The standard InChI is InChI=1S/C11H15BrN4/c1-7-9(3)16(6-13-7)5-10-11(12)8(2)14-15(10)4/h6H,5H2,1-4H3. The summed E-state index contributed by atoms with van der Waals surface area (Å²) in [5, 5.41) is 4.38. The number of hydrogen-bond acceptors (Lipinski definition) is 2. The predicted octanol–water partition coefficient (Wildman–Crippen LogP) is 2.35. The van der Waals surface area contributed by atoms with E-state index < -0.39 is 0 Å². The van der Waals surface area contributed by atoms with E-state index in [9.17, 15) is 0 Å². The lowest BCUT2D eigenvalue weighted by atomic mass is 10.3. The van der Waals surface area contributed by atoms with Crippen LogP contribution >= 0.6 is 15.9 Å². The second-order valence-corrected chi connectivity index (χ2v) is 4.81. The van der Waals surface area contributed by atoms with Crippen molar-refractivity contribution in [1.82, 2.24) is 19.3 Å². The summed E-state index contributed by atoms with van der Waals surface area (Å²) in [7, 11) is 1.96. The molecule has 0 aromatic carbocycles. The van der Waals surface area contributed by atoms with Crippen LogP contribution in [0.4, 0.5) is 0 Å². The van der Waals surface area contributed by atoms with Gasteiger partial charge >= 0.3 is 0 Å². The minimum atomic E-state index is 0.796. The molecular weight excluding hydrogens is 268 g/mol. The van der Waals surface area contributed by atoms with Crippen LogP contribution in [-0.2, 0) is 13.6 Å². The Kier molecular flexibility index (Phi) is 2.88. The van der Waals surface area contributed by atoms with Crippen molar-refractivity contribution in [2.24, 2.45) is 7.05 Å². The highest BCUT2D eigenvalue weighted by atomic mass is 79.9. The maximum atomic E-state index is 4.38. The molecule has 2 rings (SSSR count). The summed E-state index contributed by atoms with van der Waals surface area (Å²) in [6, 6.07) is 0. The SMILES string of the molecule is Cc1nn(C)c(Cn2cnc(C)c2C)c1Br. The molecular formula is C11H15BrN4. The van der Waals surface area contributed by atoms with E-state index in [0.717, 1.165) is 28.1 Å². The zero-order valence-corrected chi connectivity index (χ0v) is 11.5. The largest absolute Gasteiger partial charge is 0.329 e. The van der Waals surface area contributed by atoms with Gasteiger partial charge in [-0.3, -0.25) is 4.68 Å². The average molecular weight is 283 g/mol. The Hall–Kier alpha value is -1.10. The van der Waals surface area contributed by atoms with Gasteiger partial charge in [-0.05, 0) is 36.7 Å². The zero-order valence-electron chi connectivity index (χ0n) is 9.95. The first-order valence-corrected chi connectivity index (χ1v) is 5.96. The summed E-state index contributed by atoms with van der Waals surface area (Å²) in [5.41, 5.74) is 4.46. The molecule has 2 heterocycles. The smallest absolute Gasteiger partial charge is 0.0955 e. The number of aromatic nitrogens is 4. The Bertz CT molecular complexity index is 524. The third kappa shape index (κ3) is 1.80. The van der Waals surface area contributed by atoms with Crippen LogP contribution in [0.2, 0.25) is 0 Å². The summed E-state index contributed by atoms with van der Waals surface area (Å²) >= 11 is 3.57. The fourth-order valence-electron chi connectivity index (χ4n) is 1.72. The molecule has 0 saturated carbocycles. The summed E-state index contributed by atoms with van der Waals surface area (Å²) in [6.45, 7) is 6.90. The van der Waals surface area contributed by atoms with Crippen molar-refractivity contribution in [3.63, 3.8) is 0 Å². The van der Waals surface area contributed by atoms with Crippen molar-refractivity contribution in [3.8, 4) is 0 Å². The van der Waals surface area contributed by atoms with Gasteiger partial charge in [0.25, 0.3) is 0 Å². The van der Waals surface area contributed by atoms with Crippen LogP contribution in [0.15, 0.2) is 10.8 Å². The first-order chi connectivity index (χ1) is 7.50. The van der Waals surface area contributed by atoms with Crippen LogP contribution < -0.4 is 0 Å². The zero-order chi connectivity index (χ0) is 11.9. The van der Waals surface area contributed by atoms with E-state index in [-0.39, 0.29) is 0 Å². The summed E-state index contributed by atoms with van der Waals surface area (Å²) in [4.78, 5) is 4.30. The molecule has 2 aromatic rings. The lowest BCUT2D eigenvalue weighted by molar-refractivity contribution is 0.653. The quantitative estimate of drug-likeness (QED) is 0.848. The van der Waals surface area contributed by atoms with E-state index >= 15 is 0 Å². The van der Waals surface area contributed by atoms with Gasteiger partial charge in [-0.1, -0.05) is 0 Å². The van der Waals surface area contributed by atoms with Gasteiger partial charge in [0.2, 0.25) is 0 Å². The van der Waals surface area contributed by atoms with Crippen LogP contribution in [0, 0.1) is 20.8 Å². The van der Waals surface area contributed by atoms with Crippen molar-refractivity contribution in [3.05, 3.63) is 33.6 Å². The van der Waals surface area contributed by atoms with E-state index in [1.807, 2.05) is 31.9 Å². The maximum Gasteiger partial charge on any atom is 0.0955 e. The Morgan fingerprint density at radius 3 is 2.38 bits per heavy atom. The van der Waals surface area contributed by atoms with Crippen molar-refractivity contribution in [2.45, 2.75) is 27.3 Å². The molecule has 0 aliphatic carbocycles. The average Bonchev–Trinajstić information content (AvgIpc) is 2.66. The number of aryl methyl sites for hydroxylation is 3. The van der Waals surface area contributed by atoms with E-state index in [1.165, 1.54) is 5.69 Å². The Morgan fingerprint density at radius 2 is 1.94 bits per heavy atom. The Balaban J connectivity index is 2.37. The highest BCUT2D eigenvalue weighted by Crippen LogP contribution is 2.21. The maximum absolute atomic E-state index is 4.38. The number of halogens is 1.